The fourth-order valence-corrected chi connectivity index (χ4v) is 4.16. The molecular formula is C21H18N2. The maximum atomic E-state index is 4.92. The van der Waals surface area contributed by atoms with Crippen LogP contribution in [0.2, 0.25) is 0 Å². The highest BCUT2D eigenvalue weighted by Crippen LogP contribution is 2.42. The van der Waals surface area contributed by atoms with Gasteiger partial charge in [0.05, 0.1) is 5.52 Å². The average Bonchev–Trinajstić information content (AvgIpc) is 3.12. The molecule has 1 aliphatic carbocycles. The summed E-state index contributed by atoms with van der Waals surface area (Å²) in [4.78, 5) is 8.47. The number of aromatic amines is 1. The van der Waals surface area contributed by atoms with Crippen LogP contribution in [-0.2, 0) is 6.42 Å². The van der Waals surface area contributed by atoms with Gasteiger partial charge in [0, 0.05) is 33.6 Å². The van der Waals surface area contributed by atoms with Crippen LogP contribution in [0.1, 0.15) is 34.9 Å². The summed E-state index contributed by atoms with van der Waals surface area (Å²) in [5, 5.41) is 2.60. The predicted molar refractivity (Wildman–Crippen MR) is 94.9 cm³/mol. The minimum absolute atomic E-state index is 0.457. The quantitative estimate of drug-likeness (QED) is 0.520. The van der Waals surface area contributed by atoms with Crippen molar-refractivity contribution in [1.29, 1.82) is 0 Å². The number of pyridine rings is 1. The second-order valence-corrected chi connectivity index (χ2v) is 6.52. The van der Waals surface area contributed by atoms with Crippen molar-refractivity contribution < 1.29 is 0 Å². The highest BCUT2D eigenvalue weighted by Gasteiger charge is 2.28. The van der Waals surface area contributed by atoms with Crippen LogP contribution >= 0.6 is 0 Å². The summed E-state index contributed by atoms with van der Waals surface area (Å²) in [7, 11) is 0. The highest BCUT2D eigenvalue weighted by atomic mass is 14.7. The van der Waals surface area contributed by atoms with Gasteiger partial charge in [-0.2, -0.15) is 0 Å². The number of rotatable bonds is 1. The molecule has 0 spiro atoms. The van der Waals surface area contributed by atoms with Crippen LogP contribution in [0.15, 0.2) is 54.6 Å². The number of hydrogen-bond donors (Lipinski definition) is 1. The Kier molecular flexibility index (Phi) is 2.63. The second-order valence-electron chi connectivity index (χ2n) is 6.52. The first kappa shape index (κ1) is 12.9. The van der Waals surface area contributed by atoms with Crippen LogP contribution in [0.25, 0.3) is 21.8 Å². The molecule has 0 amide bonds. The van der Waals surface area contributed by atoms with Gasteiger partial charge in [-0.1, -0.05) is 36.4 Å². The third-order valence-electron chi connectivity index (χ3n) is 5.17. The van der Waals surface area contributed by atoms with Crippen LogP contribution in [0.3, 0.4) is 0 Å². The number of nitrogens with zero attached hydrogens (tertiary/aromatic N) is 1. The van der Waals surface area contributed by atoms with E-state index in [-0.39, 0.29) is 0 Å². The Labute approximate surface area is 135 Å². The third-order valence-corrected chi connectivity index (χ3v) is 5.17. The van der Waals surface area contributed by atoms with E-state index in [0.29, 0.717) is 5.92 Å². The summed E-state index contributed by atoms with van der Waals surface area (Å²) in [6.45, 7) is 2.20. The van der Waals surface area contributed by atoms with E-state index < -0.39 is 0 Å². The molecule has 5 rings (SSSR count). The first-order valence-corrected chi connectivity index (χ1v) is 8.27. The van der Waals surface area contributed by atoms with Gasteiger partial charge in [-0.05, 0) is 49.1 Å². The van der Waals surface area contributed by atoms with E-state index in [1.807, 2.05) is 0 Å². The maximum Gasteiger partial charge on any atom is 0.0705 e. The van der Waals surface area contributed by atoms with E-state index in [1.165, 1.54) is 38.8 Å². The Balaban J connectivity index is 1.75. The van der Waals surface area contributed by atoms with Crippen LogP contribution in [0.5, 0.6) is 0 Å². The molecule has 2 heterocycles. The first-order chi connectivity index (χ1) is 11.3. The summed E-state index contributed by atoms with van der Waals surface area (Å²) in [5.41, 5.74) is 7.79. The van der Waals surface area contributed by atoms with Gasteiger partial charge >= 0.3 is 0 Å². The molecule has 23 heavy (non-hydrogen) atoms. The molecule has 2 heteroatoms. The summed E-state index contributed by atoms with van der Waals surface area (Å²) < 4.78 is 0. The summed E-state index contributed by atoms with van der Waals surface area (Å²) >= 11 is 0. The molecule has 0 saturated heterocycles. The zero-order valence-corrected chi connectivity index (χ0v) is 13.1. The van der Waals surface area contributed by atoms with Crippen molar-refractivity contribution in [2.45, 2.75) is 25.7 Å². The number of nitrogens with one attached hydrogen (secondary N) is 1. The van der Waals surface area contributed by atoms with Gasteiger partial charge in [-0.25, -0.2) is 0 Å². The maximum absolute atomic E-state index is 4.92. The molecule has 1 N–H and O–H groups in total. The Morgan fingerprint density at radius 3 is 2.83 bits per heavy atom. The van der Waals surface area contributed by atoms with Crippen LogP contribution in [0, 0.1) is 6.92 Å². The van der Waals surface area contributed by atoms with Gasteiger partial charge in [0.15, 0.2) is 0 Å². The normalized spacial score (nSPS) is 17.0. The molecule has 0 bridgehead atoms. The van der Waals surface area contributed by atoms with E-state index in [0.717, 1.165) is 18.4 Å². The number of benzene rings is 2. The lowest BCUT2D eigenvalue weighted by Gasteiger charge is -2.13. The van der Waals surface area contributed by atoms with Crippen molar-refractivity contribution >= 4 is 21.8 Å². The molecular weight excluding hydrogens is 280 g/mol. The van der Waals surface area contributed by atoms with Crippen molar-refractivity contribution in [3.05, 3.63) is 77.1 Å². The summed E-state index contributed by atoms with van der Waals surface area (Å²) in [6.07, 6.45) is 2.23. The van der Waals surface area contributed by atoms with Crippen LogP contribution in [0.4, 0.5) is 0 Å². The number of aromatic nitrogens is 2. The largest absolute Gasteiger partial charge is 0.358 e. The van der Waals surface area contributed by atoms with Crippen molar-refractivity contribution in [2.75, 3.05) is 0 Å². The Morgan fingerprint density at radius 1 is 1.04 bits per heavy atom. The molecule has 112 valence electrons. The molecule has 0 saturated carbocycles. The van der Waals surface area contributed by atoms with Crippen LogP contribution in [-0.4, -0.2) is 9.97 Å². The standard InChI is InChI=1S/C21H18N2/c1-13-21(16-7-3-5-9-19(16)22-13)15-10-11-20-17(15)12-14-6-2-4-8-18(14)23-20/h2-9,12,15,22H,10-11H2,1H3. The van der Waals surface area contributed by atoms with E-state index in [1.54, 1.807) is 0 Å². The minimum Gasteiger partial charge on any atom is -0.358 e. The van der Waals surface area contributed by atoms with Gasteiger partial charge in [0.1, 0.15) is 0 Å². The van der Waals surface area contributed by atoms with Crippen LogP contribution < -0.4 is 0 Å². The molecule has 1 unspecified atom stereocenters. The van der Waals surface area contributed by atoms with Crippen molar-refractivity contribution in [1.82, 2.24) is 9.97 Å². The molecule has 1 atom stereocenters. The predicted octanol–water partition coefficient (Wildman–Crippen LogP) is 5.10. The molecule has 0 aliphatic heterocycles. The third kappa shape index (κ3) is 1.84. The molecule has 0 fully saturated rings. The zero-order valence-electron chi connectivity index (χ0n) is 13.1. The minimum atomic E-state index is 0.457. The van der Waals surface area contributed by atoms with Crippen molar-refractivity contribution in [2.24, 2.45) is 0 Å². The molecule has 2 nitrogen and oxygen atoms in total. The molecule has 0 radical (unpaired) electrons. The van der Waals surface area contributed by atoms with Gasteiger partial charge in [0.2, 0.25) is 0 Å². The summed E-state index contributed by atoms with van der Waals surface area (Å²) in [5.74, 6) is 0.457. The number of aryl methyl sites for hydroxylation is 2. The lowest BCUT2D eigenvalue weighted by Crippen LogP contribution is -1.98. The number of hydrogen-bond acceptors (Lipinski definition) is 1. The molecule has 1 aliphatic rings. The molecule has 4 aromatic rings. The molecule has 2 aromatic carbocycles. The molecule has 2 aromatic heterocycles. The smallest absolute Gasteiger partial charge is 0.0705 e. The Bertz CT molecular complexity index is 1040. The van der Waals surface area contributed by atoms with E-state index in [9.17, 15) is 0 Å². The highest BCUT2D eigenvalue weighted by molar-refractivity contribution is 5.86. The lowest BCUT2D eigenvalue weighted by molar-refractivity contribution is 0.785. The SMILES string of the molecule is Cc1[nH]c2ccccc2c1C1CCc2nc3ccccc3cc21. The fraction of sp³-hybridized carbons (Fsp3) is 0.190. The van der Waals surface area contributed by atoms with Gasteiger partial charge in [-0.3, -0.25) is 4.98 Å². The van der Waals surface area contributed by atoms with Crippen molar-refractivity contribution in [3.8, 4) is 0 Å². The van der Waals surface area contributed by atoms with E-state index in [4.69, 9.17) is 4.98 Å². The Hall–Kier alpha value is -2.61. The van der Waals surface area contributed by atoms with Gasteiger partial charge in [-0.15, -0.1) is 0 Å². The Morgan fingerprint density at radius 2 is 1.87 bits per heavy atom. The lowest BCUT2D eigenvalue weighted by atomic mass is 9.91. The van der Waals surface area contributed by atoms with Gasteiger partial charge in [0.25, 0.3) is 0 Å². The fourth-order valence-electron chi connectivity index (χ4n) is 4.16. The topological polar surface area (TPSA) is 28.7 Å². The van der Waals surface area contributed by atoms with Crippen molar-refractivity contribution in [3.63, 3.8) is 0 Å². The van der Waals surface area contributed by atoms with E-state index in [2.05, 4.69) is 66.5 Å². The number of H-pyrrole nitrogens is 1. The number of para-hydroxylation sites is 2. The first-order valence-electron chi connectivity index (χ1n) is 8.27. The van der Waals surface area contributed by atoms with E-state index >= 15 is 0 Å². The monoisotopic (exact) mass is 298 g/mol. The average molecular weight is 298 g/mol. The number of fused-ring (bicyclic) bond motifs is 3. The zero-order chi connectivity index (χ0) is 15.4. The second kappa shape index (κ2) is 4.69. The summed E-state index contributed by atoms with van der Waals surface area (Å²) in [6, 6.07) is 19.4. The van der Waals surface area contributed by atoms with Gasteiger partial charge < -0.3 is 4.98 Å².